The summed E-state index contributed by atoms with van der Waals surface area (Å²) >= 11 is 1.83. The van der Waals surface area contributed by atoms with Gasteiger partial charge in [-0.25, -0.2) is 9.78 Å². The first-order valence-corrected chi connectivity index (χ1v) is 17.0. The number of benzene rings is 1. The van der Waals surface area contributed by atoms with Crippen LogP contribution in [-0.4, -0.2) is 75.3 Å². The summed E-state index contributed by atoms with van der Waals surface area (Å²) in [6, 6.07) is 7.73. The molecule has 5 heterocycles. The van der Waals surface area contributed by atoms with Gasteiger partial charge in [-0.05, 0) is 83.7 Å². The first-order valence-electron chi connectivity index (χ1n) is 16.1. The van der Waals surface area contributed by atoms with Gasteiger partial charge in [-0.3, -0.25) is 0 Å². The number of aromatic nitrogens is 2. The molecule has 1 aliphatic carbocycles. The Morgan fingerprint density at radius 2 is 1.91 bits per heavy atom. The number of nitrogens with two attached hydrogens (primary N) is 2. The van der Waals surface area contributed by atoms with Crippen LogP contribution in [0.5, 0.6) is 5.75 Å². The number of H-pyrrole nitrogens is 1. The zero-order chi connectivity index (χ0) is 31.5. The molecule has 1 saturated carbocycles. The van der Waals surface area contributed by atoms with E-state index in [4.69, 9.17) is 21.2 Å². The first-order chi connectivity index (χ1) is 21.5. The standard InChI is InChI=1S/C34H45N7O3S/c1-33(2,3)44-32(43)41-19-34(20-41)15-22(16-34)39-11-8-21(9-12-39)29-17-37-31(45-29)40-13-10-27-25(18-40)24(30(36)38-27)14-26(35)23-6-4-5-7-28(23)42/h4-7,14,17,21-22,38,42H,8-13,15-16,18-20,35-36H2,1-3H3/b26-14-. The van der Waals surface area contributed by atoms with Crippen LogP contribution >= 0.6 is 11.3 Å². The molecule has 1 amide bonds. The number of carbonyl (C=O) groups is 1. The molecule has 6 N–H and O–H groups in total. The molecule has 3 fully saturated rings. The van der Waals surface area contributed by atoms with E-state index in [0.29, 0.717) is 41.0 Å². The number of amides is 1. The first kappa shape index (κ1) is 30.0. The lowest BCUT2D eigenvalue weighted by molar-refractivity contribution is -0.110. The molecule has 0 radical (unpaired) electrons. The van der Waals surface area contributed by atoms with Gasteiger partial charge in [0.05, 0.1) is 0 Å². The number of aromatic amines is 1. The van der Waals surface area contributed by atoms with Crippen molar-refractivity contribution >= 4 is 40.2 Å². The highest BCUT2D eigenvalue weighted by atomic mass is 32.1. The van der Waals surface area contributed by atoms with Gasteiger partial charge in [-0.15, -0.1) is 11.3 Å². The summed E-state index contributed by atoms with van der Waals surface area (Å²) in [4.78, 5) is 28.9. The van der Waals surface area contributed by atoms with Gasteiger partial charge in [-0.1, -0.05) is 12.1 Å². The Hall–Kier alpha value is -3.70. The monoisotopic (exact) mass is 631 g/mol. The SMILES string of the molecule is CC(C)(C)OC(=O)N1CC2(CC(N3CCC(c4cnc(N5CCc6[nH]c(N)c(/C=C(\N)c7ccccc7O)c6C5)s4)CC3)C2)C1. The van der Waals surface area contributed by atoms with Crippen molar-refractivity contribution in [2.24, 2.45) is 11.1 Å². The topological polar surface area (TPSA) is 137 Å². The lowest BCUT2D eigenvalue weighted by Crippen LogP contribution is -2.68. The molecule has 11 heteroatoms. The third-order valence-corrected chi connectivity index (χ3v) is 11.3. The summed E-state index contributed by atoms with van der Waals surface area (Å²) in [6.45, 7) is 11.3. The van der Waals surface area contributed by atoms with Gasteiger partial charge in [0, 0.05) is 83.2 Å². The van der Waals surface area contributed by atoms with Gasteiger partial charge in [-0.2, -0.15) is 0 Å². The van der Waals surface area contributed by atoms with Crippen molar-refractivity contribution < 1.29 is 14.6 Å². The van der Waals surface area contributed by atoms with Crippen molar-refractivity contribution in [1.29, 1.82) is 0 Å². The molecule has 2 saturated heterocycles. The number of ether oxygens (including phenoxy) is 1. The fourth-order valence-electron chi connectivity index (χ4n) is 7.66. The number of phenols is 1. The van der Waals surface area contributed by atoms with Gasteiger partial charge in [0.2, 0.25) is 0 Å². The fraction of sp³-hybridized carbons (Fsp3) is 0.529. The molecule has 240 valence electrons. The smallest absolute Gasteiger partial charge is 0.410 e. The Bertz CT molecular complexity index is 1600. The molecule has 4 aliphatic rings. The summed E-state index contributed by atoms with van der Waals surface area (Å²) in [5.41, 5.74) is 16.9. The van der Waals surface area contributed by atoms with Crippen LogP contribution in [0.25, 0.3) is 11.8 Å². The van der Waals surface area contributed by atoms with Crippen LogP contribution in [-0.2, 0) is 17.7 Å². The molecular formula is C34H45N7O3S. The van der Waals surface area contributed by atoms with Gasteiger partial charge in [0.25, 0.3) is 0 Å². The summed E-state index contributed by atoms with van der Waals surface area (Å²) in [7, 11) is 0. The molecule has 1 aromatic carbocycles. The minimum Gasteiger partial charge on any atom is -0.507 e. The minimum atomic E-state index is -0.440. The molecule has 45 heavy (non-hydrogen) atoms. The van der Waals surface area contributed by atoms with E-state index in [0.717, 1.165) is 73.9 Å². The average Bonchev–Trinajstić information content (AvgIpc) is 3.56. The number of hydrogen-bond acceptors (Lipinski definition) is 9. The molecule has 7 rings (SSSR count). The lowest BCUT2D eigenvalue weighted by atomic mass is 9.60. The summed E-state index contributed by atoms with van der Waals surface area (Å²) in [5, 5.41) is 11.3. The highest BCUT2D eigenvalue weighted by Crippen LogP contribution is 2.51. The van der Waals surface area contributed by atoms with Crippen molar-refractivity contribution in [3.63, 3.8) is 0 Å². The fourth-order valence-corrected chi connectivity index (χ4v) is 8.77. The van der Waals surface area contributed by atoms with E-state index < -0.39 is 5.60 Å². The number of piperidine rings is 1. The predicted molar refractivity (Wildman–Crippen MR) is 179 cm³/mol. The number of nitrogens with zero attached hydrogens (tertiary/aromatic N) is 4. The summed E-state index contributed by atoms with van der Waals surface area (Å²) in [5.74, 6) is 1.30. The second kappa shape index (κ2) is 11.3. The third kappa shape index (κ3) is 5.88. The van der Waals surface area contributed by atoms with Gasteiger partial charge >= 0.3 is 6.09 Å². The number of carbonyl (C=O) groups excluding carboxylic acids is 1. The molecule has 0 bridgehead atoms. The van der Waals surface area contributed by atoms with E-state index in [1.54, 1.807) is 12.1 Å². The number of anilines is 2. The van der Waals surface area contributed by atoms with Crippen LogP contribution in [0.1, 0.15) is 79.6 Å². The quantitative estimate of drug-likeness (QED) is 0.296. The number of nitrogens with one attached hydrogen (secondary N) is 1. The number of para-hydroxylation sites is 1. The van der Waals surface area contributed by atoms with Crippen LogP contribution in [0, 0.1) is 5.41 Å². The Morgan fingerprint density at radius 3 is 2.62 bits per heavy atom. The molecule has 10 nitrogen and oxygen atoms in total. The van der Waals surface area contributed by atoms with E-state index in [1.165, 1.54) is 17.7 Å². The largest absolute Gasteiger partial charge is 0.507 e. The van der Waals surface area contributed by atoms with Gasteiger partial charge in [0.1, 0.15) is 17.2 Å². The summed E-state index contributed by atoms with van der Waals surface area (Å²) < 4.78 is 5.54. The van der Waals surface area contributed by atoms with Crippen LogP contribution < -0.4 is 16.4 Å². The normalized spacial score (nSPS) is 21.0. The van der Waals surface area contributed by atoms with Crippen LogP contribution in [0.15, 0.2) is 30.5 Å². The zero-order valence-corrected chi connectivity index (χ0v) is 27.3. The number of phenolic OH excluding ortho intramolecular Hbond substituents is 1. The molecule has 0 atom stereocenters. The average molecular weight is 632 g/mol. The second-order valence-electron chi connectivity index (χ2n) is 14.5. The Kier molecular flexibility index (Phi) is 7.51. The summed E-state index contributed by atoms with van der Waals surface area (Å²) in [6.07, 6.45) is 9.36. The molecule has 2 aromatic heterocycles. The van der Waals surface area contributed by atoms with E-state index in [2.05, 4.69) is 21.0 Å². The number of nitrogen functional groups attached to an aromatic ring is 1. The molecule has 1 spiro atoms. The number of hydrogen-bond donors (Lipinski definition) is 4. The number of fused-ring (bicyclic) bond motifs is 1. The van der Waals surface area contributed by atoms with Gasteiger partial charge in [0.15, 0.2) is 5.13 Å². The highest BCUT2D eigenvalue weighted by Gasteiger charge is 2.55. The number of aromatic hydroxyl groups is 1. The molecule has 3 aromatic rings. The third-order valence-electron chi connectivity index (χ3n) is 10.0. The highest BCUT2D eigenvalue weighted by molar-refractivity contribution is 7.15. The maximum absolute atomic E-state index is 12.4. The Balaban J connectivity index is 0.931. The molecular weight excluding hydrogens is 586 g/mol. The van der Waals surface area contributed by atoms with Crippen molar-refractivity contribution in [2.45, 2.75) is 77.0 Å². The van der Waals surface area contributed by atoms with Crippen molar-refractivity contribution in [2.75, 3.05) is 43.4 Å². The molecule has 0 unspecified atom stereocenters. The lowest BCUT2D eigenvalue weighted by Gasteiger charge is -2.61. The van der Waals surface area contributed by atoms with Crippen LogP contribution in [0.2, 0.25) is 0 Å². The number of likely N-dealkylation sites (tertiary alicyclic amines) is 2. The predicted octanol–water partition coefficient (Wildman–Crippen LogP) is 5.36. The Labute approximate surface area is 269 Å². The van der Waals surface area contributed by atoms with E-state index in [-0.39, 0.29) is 11.8 Å². The van der Waals surface area contributed by atoms with Crippen LogP contribution in [0.3, 0.4) is 0 Å². The van der Waals surface area contributed by atoms with Gasteiger partial charge < -0.3 is 41.0 Å². The number of rotatable bonds is 5. The zero-order valence-electron chi connectivity index (χ0n) is 26.5. The van der Waals surface area contributed by atoms with E-state index >= 15 is 0 Å². The number of thiazole rings is 1. The van der Waals surface area contributed by atoms with Crippen molar-refractivity contribution in [3.05, 3.63) is 57.7 Å². The maximum atomic E-state index is 12.4. The Morgan fingerprint density at radius 1 is 1.18 bits per heavy atom. The second-order valence-corrected chi connectivity index (χ2v) is 15.5. The maximum Gasteiger partial charge on any atom is 0.410 e. The van der Waals surface area contributed by atoms with E-state index in [1.807, 2.05) is 55.2 Å². The molecule has 3 aliphatic heterocycles. The minimum absolute atomic E-state index is 0.151. The van der Waals surface area contributed by atoms with Crippen LogP contribution in [0.4, 0.5) is 15.7 Å². The van der Waals surface area contributed by atoms with Crippen molar-refractivity contribution in [1.82, 2.24) is 19.8 Å². The van der Waals surface area contributed by atoms with E-state index in [9.17, 15) is 9.90 Å². The van der Waals surface area contributed by atoms with Crippen molar-refractivity contribution in [3.8, 4) is 5.75 Å².